The van der Waals surface area contributed by atoms with Crippen molar-refractivity contribution >= 4 is 5.97 Å². The molecule has 0 aromatic carbocycles. The predicted molar refractivity (Wildman–Crippen MR) is 47.3 cm³/mol. The van der Waals surface area contributed by atoms with Gasteiger partial charge in [0.25, 0.3) is 5.92 Å². The first-order chi connectivity index (χ1) is 6.53. The number of hydrogen-bond acceptors (Lipinski definition) is 3. The highest BCUT2D eigenvalue weighted by molar-refractivity contribution is 5.69. The van der Waals surface area contributed by atoms with E-state index in [-0.39, 0.29) is 25.4 Å². The molecule has 0 aliphatic carbocycles. The zero-order valence-electron chi connectivity index (χ0n) is 8.26. The fraction of sp³-hybridized carbons (Fsp3) is 0.889. The van der Waals surface area contributed by atoms with E-state index in [1.54, 1.807) is 4.90 Å². The van der Waals surface area contributed by atoms with Gasteiger partial charge >= 0.3 is 5.97 Å². The Morgan fingerprint density at radius 3 is 2.86 bits per heavy atom. The molecule has 1 fully saturated rings. The Labute approximate surface area is 82.0 Å². The van der Waals surface area contributed by atoms with Crippen molar-refractivity contribution in [2.75, 3.05) is 26.7 Å². The van der Waals surface area contributed by atoms with Crippen LogP contribution in [0.3, 0.4) is 0 Å². The van der Waals surface area contributed by atoms with Gasteiger partial charge in [0.15, 0.2) is 0 Å². The van der Waals surface area contributed by atoms with Gasteiger partial charge in [-0.25, -0.2) is 8.78 Å². The molecule has 0 N–H and O–H groups in total. The minimum absolute atomic E-state index is 0.0400. The molecule has 0 spiro atoms. The molecule has 5 heteroatoms. The molecular formula is C9H15F2NO2. The van der Waals surface area contributed by atoms with Crippen molar-refractivity contribution in [2.24, 2.45) is 0 Å². The summed E-state index contributed by atoms with van der Waals surface area (Å²) in [5.74, 6) is -2.94. The first-order valence-electron chi connectivity index (χ1n) is 4.70. The summed E-state index contributed by atoms with van der Waals surface area (Å²) >= 11 is 0. The smallest absolute Gasteiger partial charge is 0.306 e. The maximum atomic E-state index is 12.9. The molecule has 0 aromatic heterocycles. The molecule has 1 aliphatic rings. The second kappa shape index (κ2) is 4.68. The molecule has 3 nitrogen and oxygen atoms in total. The van der Waals surface area contributed by atoms with Crippen molar-refractivity contribution in [1.82, 2.24) is 4.90 Å². The van der Waals surface area contributed by atoms with Crippen LogP contribution >= 0.6 is 0 Å². The van der Waals surface area contributed by atoms with E-state index in [2.05, 4.69) is 4.74 Å². The summed E-state index contributed by atoms with van der Waals surface area (Å²) in [6.07, 6.45) is 0.641. The molecule has 0 atom stereocenters. The number of rotatable bonds is 3. The van der Waals surface area contributed by atoms with Gasteiger partial charge in [0.1, 0.15) is 0 Å². The molecule has 0 amide bonds. The standard InChI is InChI=1S/C9H15F2NO2/c1-14-8(13)3-6-12-5-2-4-9(10,11)7-12/h2-7H2,1H3. The Balaban J connectivity index is 2.28. The first kappa shape index (κ1) is 11.4. The van der Waals surface area contributed by atoms with Crippen LogP contribution in [0.2, 0.25) is 0 Å². The van der Waals surface area contributed by atoms with Crippen LogP contribution in [0.15, 0.2) is 0 Å². The molecule has 82 valence electrons. The summed E-state index contributed by atoms with van der Waals surface area (Å²) < 4.78 is 30.2. The van der Waals surface area contributed by atoms with E-state index >= 15 is 0 Å². The second-order valence-corrected chi connectivity index (χ2v) is 3.56. The van der Waals surface area contributed by atoms with Gasteiger partial charge in [-0.3, -0.25) is 9.69 Å². The van der Waals surface area contributed by atoms with E-state index in [9.17, 15) is 13.6 Å². The molecule has 0 bridgehead atoms. The third kappa shape index (κ3) is 3.57. The number of carbonyl (C=O) groups is 1. The average molecular weight is 207 g/mol. The van der Waals surface area contributed by atoms with E-state index < -0.39 is 5.92 Å². The van der Waals surface area contributed by atoms with Crippen LogP contribution in [0.4, 0.5) is 8.78 Å². The number of esters is 1. The number of nitrogens with zero attached hydrogens (tertiary/aromatic N) is 1. The SMILES string of the molecule is COC(=O)CCN1CCCC(F)(F)C1. The lowest BCUT2D eigenvalue weighted by Gasteiger charge is -2.31. The maximum Gasteiger partial charge on any atom is 0.306 e. The number of alkyl halides is 2. The van der Waals surface area contributed by atoms with Gasteiger partial charge in [-0.2, -0.15) is 0 Å². The number of halogens is 2. The molecular weight excluding hydrogens is 192 g/mol. The second-order valence-electron chi connectivity index (χ2n) is 3.56. The van der Waals surface area contributed by atoms with Crippen molar-refractivity contribution in [3.63, 3.8) is 0 Å². The van der Waals surface area contributed by atoms with Crippen LogP contribution < -0.4 is 0 Å². The minimum atomic E-state index is -2.59. The highest BCUT2D eigenvalue weighted by Crippen LogP contribution is 2.26. The van der Waals surface area contributed by atoms with Gasteiger partial charge in [0.05, 0.1) is 20.1 Å². The molecule has 0 unspecified atom stereocenters. The maximum absolute atomic E-state index is 12.9. The summed E-state index contributed by atoms with van der Waals surface area (Å²) in [7, 11) is 1.30. The summed E-state index contributed by atoms with van der Waals surface area (Å²) in [5.41, 5.74) is 0. The number of hydrogen-bond donors (Lipinski definition) is 0. The molecule has 1 saturated heterocycles. The summed E-state index contributed by atoms with van der Waals surface area (Å²) in [6, 6.07) is 0. The third-order valence-corrected chi connectivity index (χ3v) is 2.33. The zero-order valence-corrected chi connectivity index (χ0v) is 8.26. The Kier molecular flexibility index (Phi) is 3.80. The molecule has 1 aliphatic heterocycles. The molecule has 0 radical (unpaired) electrons. The Morgan fingerprint density at radius 2 is 2.29 bits per heavy atom. The van der Waals surface area contributed by atoms with E-state index in [1.807, 2.05) is 0 Å². The highest BCUT2D eigenvalue weighted by Gasteiger charge is 2.34. The number of carbonyl (C=O) groups excluding carboxylic acids is 1. The van der Waals surface area contributed by atoms with E-state index in [1.165, 1.54) is 7.11 Å². The average Bonchev–Trinajstić information content (AvgIpc) is 2.12. The fourth-order valence-electron chi connectivity index (χ4n) is 1.59. The topological polar surface area (TPSA) is 29.5 Å². The number of likely N-dealkylation sites (tertiary alicyclic amines) is 1. The number of methoxy groups -OCH3 is 1. The van der Waals surface area contributed by atoms with Gasteiger partial charge in [-0.1, -0.05) is 0 Å². The lowest BCUT2D eigenvalue weighted by atomic mass is 10.1. The summed E-state index contributed by atoms with van der Waals surface area (Å²) in [5, 5.41) is 0. The summed E-state index contributed by atoms with van der Waals surface area (Å²) in [4.78, 5) is 12.4. The number of ether oxygens (including phenoxy) is 1. The van der Waals surface area contributed by atoms with Gasteiger partial charge < -0.3 is 4.74 Å². The minimum Gasteiger partial charge on any atom is -0.469 e. The largest absolute Gasteiger partial charge is 0.469 e. The molecule has 1 heterocycles. The summed E-state index contributed by atoms with van der Waals surface area (Å²) in [6.45, 7) is 0.777. The lowest BCUT2D eigenvalue weighted by molar-refractivity contribution is -0.141. The van der Waals surface area contributed by atoms with Crippen molar-refractivity contribution in [3.05, 3.63) is 0 Å². The normalized spacial score (nSPS) is 21.9. The van der Waals surface area contributed by atoms with Gasteiger partial charge in [-0.15, -0.1) is 0 Å². The van der Waals surface area contributed by atoms with Gasteiger partial charge in [0.2, 0.25) is 0 Å². The van der Waals surface area contributed by atoms with Gasteiger partial charge in [-0.05, 0) is 13.0 Å². The Morgan fingerprint density at radius 1 is 1.57 bits per heavy atom. The first-order valence-corrected chi connectivity index (χ1v) is 4.70. The Bertz CT molecular complexity index is 209. The van der Waals surface area contributed by atoms with Crippen molar-refractivity contribution in [1.29, 1.82) is 0 Å². The molecule has 14 heavy (non-hydrogen) atoms. The molecule has 1 rings (SSSR count). The fourth-order valence-corrected chi connectivity index (χ4v) is 1.59. The lowest BCUT2D eigenvalue weighted by Crippen LogP contribution is -2.43. The highest BCUT2D eigenvalue weighted by atomic mass is 19.3. The monoisotopic (exact) mass is 207 g/mol. The van der Waals surface area contributed by atoms with Crippen LogP contribution in [0.25, 0.3) is 0 Å². The van der Waals surface area contributed by atoms with Crippen LogP contribution in [-0.4, -0.2) is 43.5 Å². The van der Waals surface area contributed by atoms with Crippen LogP contribution in [-0.2, 0) is 9.53 Å². The Hall–Kier alpha value is -0.710. The van der Waals surface area contributed by atoms with Crippen LogP contribution in [0.5, 0.6) is 0 Å². The van der Waals surface area contributed by atoms with Crippen LogP contribution in [0.1, 0.15) is 19.3 Å². The number of piperidine rings is 1. The van der Waals surface area contributed by atoms with E-state index in [0.717, 1.165) is 0 Å². The van der Waals surface area contributed by atoms with Crippen molar-refractivity contribution in [2.45, 2.75) is 25.2 Å². The van der Waals surface area contributed by atoms with E-state index in [0.29, 0.717) is 19.5 Å². The van der Waals surface area contributed by atoms with Crippen molar-refractivity contribution in [3.8, 4) is 0 Å². The third-order valence-electron chi connectivity index (χ3n) is 2.33. The molecule has 0 saturated carbocycles. The van der Waals surface area contributed by atoms with Crippen LogP contribution in [0, 0.1) is 0 Å². The quantitative estimate of drug-likeness (QED) is 0.653. The van der Waals surface area contributed by atoms with Crippen molar-refractivity contribution < 1.29 is 18.3 Å². The zero-order chi connectivity index (χ0) is 10.6. The van der Waals surface area contributed by atoms with Gasteiger partial charge in [0, 0.05) is 13.0 Å². The molecule has 0 aromatic rings. The van der Waals surface area contributed by atoms with E-state index in [4.69, 9.17) is 0 Å². The predicted octanol–water partition coefficient (Wildman–Crippen LogP) is 1.28.